The number of carbonyl (C=O) groups excluding carboxylic acids is 2. The SMILES string of the molecule is C[C@H](NC(=O)[C@@H]1CCCN(C(=O)c2cccs2)C1)c1ccc(F)cc1F. The molecule has 0 saturated carbocycles. The maximum atomic E-state index is 13.9. The molecular weight excluding hydrogens is 358 g/mol. The topological polar surface area (TPSA) is 49.4 Å². The number of likely N-dealkylation sites (tertiary alicyclic amines) is 1. The van der Waals surface area contributed by atoms with E-state index in [4.69, 9.17) is 0 Å². The van der Waals surface area contributed by atoms with Crippen LogP contribution in [0, 0.1) is 17.6 Å². The molecule has 7 heteroatoms. The van der Waals surface area contributed by atoms with Gasteiger partial charge in [0.25, 0.3) is 5.91 Å². The fourth-order valence-electron chi connectivity index (χ4n) is 3.19. The molecule has 0 radical (unpaired) electrons. The van der Waals surface area contributed by atoms with Crippen LogP contribution in [0.25, 0.3) is 0 Å². The van der Waals surface area contributed by atoms with Crippen LogP contribution in [0.15, 0.2) is 35.7 Å². The number of nitrogens with zero attached hydrogens (tertiary/aromatic N) is 1. The molecular formula is C19H20F2N2O2S. The molecule has 1 aliphatic rings. The molecule has 2 amide bonds. The Balaban J connectivity index is 1.63. The van der Waals surface area contributed by atoms with Crippen LogP contribution in [-0.4, -0.2) is 29.8 Å². The Bertz CT molecular complexity index is 795. The largest absolute Gasteiger partial charge is 0.349 e. The average molecular weight is 378 g/mol. The molecule has 26 heavy (non-hydrogen) atoms. The molecule has 1 fully saturated rings. The lowest BCUT2D eigenvalue weighted by Gasteiger charge is -2.32. The lowest BCUT2D eigenvalue weighted by atomic mass is 9.96. The molecule has 4 nitrogen and oxygen atoms in total. The standard InChI is InChI=1S/C19H20F2N2O2S/c1-12(15-7-6-14(20)10-16(15)21)22-18(24)13-4-2-8-23(11-13)19(25)17-5-3-9-26-17/h3,5-7,9-10,12-13H,2,4,8,11H2,1H3,(H,22,24)/t12-,13+/m0/s1. The van der Waals surface area contributed by atoms with Crippen molar-refractivity contribution in [2.45, 2.75) is 25.8 Å². The minimum Gasteiger partial charge on any atom is -0.349 e. The van der Waals surface area contributed by atoms with Gasteiger partial charge in [0, 0.05) is 24.7 Å². The minimum atomic E-state index is -0.684. The number of amides is 2. The summed E-state index contributed by atoms with van der Waals surface area (Å²) in [5, 5.41) is 4.63. The van der Waals surface area contributed by atoms with Crippen LogP contribution in [0.1, 0.15) is 41.0 Å². The van der Waals surface area contributed by atoms with Crippen molar-refractivity contribution < 1.29 is 18.4 Å². The number of carbonyl (C=O) groups is 2. The molecule has 0 aliphatic carbocycles. The number of benzene rings is 1. The third kappa shape index (κ3) is 4.09. The molecule has 1 aromatic heterocycles. The molecule has 2 aromatic rings. The highest BCUT2D eigenvalue weighted by atomic mass is 32.1. The van der Waals surface area contributed by atoms with E-state index in [1.807, 2.05) is 11.4 Å². The monoisotopic (exact) mass is 378 g/mol. The summed E-state index contributed by atoms with van der Waals surface area (Å²) < 4.78 is 26.9. The number of halogens is 2. The van der Waals surface area contributed by atoms with Crippen LogP contribution >= 0.6 is 11.3 Å². The van der Waals surface area contributed by atoms with Gasteiger partial charge in [0.15, 0.2) is 0 Å². The lowest BCUT2D eigenvalue weighted by molar-refractivity contribution is -0.127. The third-order valence-corrected chi connectivity index (χ3v) is 5.46. The number of rotatable bonds is 4. The van der Waals surface area contributed by atoms with Crippen LogP contribution < -0.4 is 5.32 Å². The lowest BCUT2D eigenvalue weighted by Crippen LogP contribution is -2.45. The van der Waals surface area contributed by atoms with E-state index in [-0.39, 0.29) is 23.3 Å². The normalized spacial score (nSPS) is 18.4. The second-order valence-electron chi connectivity index (χ2n) is 6.46. The van der Waals surface area contributed by atoms with Crippen molar-refractivity contribution in [3.63, 3.8) is 0 Å². The van der Waals surface area contributed by atoms with Crippen molar-refractivity contribution in [1.82, 2.24) is 10.2 Å². The van der Waals surface area contributed by atoms with E-state index < -0.39 is 17.7 Å². The predicted octanol–water partition coefficient (Wildman–Crippen LogP) is 3.76. The third-order valence-electron chi connectivity index (χ3n) is 4.60. The maximum absolute atomic E-state index is 13.9. The zero-order chi connectivity index (χ0) is 18.7. The first-order valence-corrected chi connectivity index (χ1v) is 9.42. The van der Waals surface area contributed by atoms with E-state index in [2.05, 4.69) is 5.32 Å². The summed E-state index contributed by atoms with van der Waals surface area (Å²) >= 11 is 1.38. The van der Waals surface area contributed by atoms with Gasteiger partial charge >= 0.3 is 0 Å². The van der Waals surface area contributed by atoms with Gasteiger partial charge in [-0.05, 0) is 37.3 Å². The zero-order valence-electron chi connectivity index (χ0n) is 14.4. The van der Waals surface area contributed by atoms with Crippen LogP contribution in [0.3, 0.4) is 0 Å². The second kappa shape index (κ2) is 7.95. The maximum Gasteiger partial charge on any atom is 0.263 e. The van der Waals surface area contributed by atoms with E-state index in [1.54, 1.807) is 17.9 Å². The molecule has 0 bridgehead atoms. The molecule has 3 rings (SSSR count). The van der Waals surface area contributed by atoms with Gasteiger partial charge in [-0.3, -0.25) is 9.59 Å². The Morgan fingerprint density at radius 1 is 1.31 bits per heavy atom. The molecule has 1 aliphatic heterocycles. The summed E-state index contributed by atoms with van der Waals surface area (Å²) in [6.45, 7) is 2.63. The highest BCUT2D eigenvalue weighted by molar-refractivity contribution is 7.12. The number of hydrogen-bond acceptors (Lipinski definition) is 3. The molecule has 2 heterocycles. The summed E-state index contributed by atoms with van der Waals surface area (Å²) in [5.41, 5.74) is 0.238. The van der Waals surface area contributed by atoms with Crippen LogP contribution in [-0.2, 0) is 4.79 Å². The van der Waals surface area contributed by atoms with Crippen LogP contribution in [0.4, 0.5) is 8.78 Å². The minimum absolute atomic E-state index is 0.0601. The van der Waals surface area contributed by atoms with Crippen molar-refractivity contribution in [1.29, 1.82) is 0 Å². The van der Waals surface area contributed by atoms with Gasteiger partial charge in [0.05, 0.1) is 16.8 Å². The van der Waals surface area contributed by atoms with Crippen molar-refractivity contribution in [3.8, 4) is 0 Å². The summed E-state index contributed by atoms with van der Waals surface area (Å²) in [6, 6.07) is 6.33. The average Bonchev–Trinajstić information content (AvgIpc) is 3.15. The van der Waals surface area contributed by atoms with E-state index in [0.29, 0.717) is 24.4 Å². The first-order valence-electron chi connectivity index (χ1n) is 8.54. The molecule has 0 unspecified atom stereocenters. The molecule has 0 spiro atoms. The van der Waals surface area contributed by atoms with Crippen molar-refractivity contribution in [2.75, 3.05) is 13.1 Å². The van der Waals surface area contributed by atoms with E-state index in [0.717, 1.165) is 12.5 Å². The van der Waals surface area contributed by atoms with Gasteiger partial charge in [-0.25, -0.2) is 8.78 Å². The number of nitrogens with one attached hydrogen (secondary N) is 1. The first-order chi connectivity index (χ1) is 12.5. The summed E-state index contributed by atoms with van der Waals surface area (Å²) in [5.74, 6) is -1.95. The van der Waals surface area contributed by atoms with Crippen molar-refractivity contribution >= 4 is 23.2 Å². The first kappa shape index (κ1) is 18.5. The highest BCUT2D eigenvalue weighted by Gasteiger charge is 2.30. The summed E-state index contributed by atoms with van der Waals surface area (Å²) in [7, 11) is 0. The van der Waals surface area contributed by atoms with Crippen molar-refractivity contribution in [3.05, 3.63) is 57.8 Å². The fraction of sp³-hybridized carbons (Fsp3) is 0.368. The van der Waals surface area contributed by atoms with Gasteiger partial charge in [0.2, 0.25) is 5.91 Å². The zero-order valence-corrected chi connectivity index (χ0v) is 15.2. The molecule has 2 atom stereocenters. The summed E-state index contributed by atoms with van der Waals surface area (Å²) in [6.07, 6.45) is 1.42. The smallest absolute Gasteiger partial charge is 0.263 e. The van der Waals surface area contributed by atoms with Crippen LogP contribution in [0.5, 0.6) is 0 Å². The van der Waals surface area contributed by atoms with E-state index >= 15 is 0 Å². The molecule has 1 N–H and O–H groups in total. The Labute approximate surface area is 154 Å². The van der Waals surface area contributed by atoms with Gasteiger partial charge in [-0.15, -0.1) is 11.3 Å². The van der Waals surface area contributed by atoms with E-state index in [1.165, 1.54) is 23.5 Å². The highest BCUT2D eigenvalue weighted by Crippen LogP contribution is 2.23. The van der Waals surface area contributed by atoms with Crippen LogP contribution in [0.2, 0.25) is 0 Å². The Hall–Kier alpha value is -2.28. The second-order valence-corrected chi connectivity index (χ2v) is 7.41. The molecule has 1 saturated heterocycles. The van der Waals surface area contributed by atoms with Gasteiger partial charge in [-0.2, -0.15) is 0 Å². The number of thiophene rings is 1. The van der Waals surface area contributed by atoms with E-state index in [9.17, 15) is 18.4 Å². The molecule has 1 aromatic carbocycles. The Kier molecular flexibility index (Phi) is 5.66. The number of hydrogen-bond donors (Lipinski definition) is 1. The summed E-state index contributed by atoms with van der Waals surface area (Å²) in [4.78, 5) is 27.4. The van der Waals surface area contributed by atoms with Crippen molar-refractivity contribution in [2.24, 2.45) is 5.92 Å². The Morgan fingerprint density at radius 2 is 2.12 bits per heavy atom. The van der Waals surface area contributed by atoms with Gasteiger partial charge in [-0.1, -0.05) is 12.1 Å². The number of piperidine rings is 1. The van der Waals surface area contributed by atoms with Gasteiger partial charge < -0.3 is 10.2 Å². The quantitative estimate of drug-likeness (QED) is 0.881. The fourth-order valence-corrected chi connectivity index (χ4v) is 3.88. The predicted molar refractivity (Wildman–Crippen MR) is 95.9 cm³/mol. The molecule has 138 valence electrons. The van der Waals surface area contributed by atoms with Gasteiger partial charge in [0.1, 0.15) is 11.6 Å². The Morgan fingerprint density at radius 3 is 2.81 bits per heavy atom.